The first-order valence-corrected chi connectivity index (χ1v) is 10.5. The van der Waals surface area contributed by atoms with Crippen molar-refractivity contribution in [2.75, 3.05) is 6.54 Å². The summed E-state index contributed by atoms with van der Waals surface area (Å²) in [4.78, 5) is 4.90. The average Bonchev–Trinajstić information content (AvgIpc) is 3.00. The van der Waals surface area contributed by atoms with Crippen molar-refractivity contribution in [3.8, 4) is 0 Å². The molecule has 3 heterocycles. The third-order valence-electron chi connectivity index (χ3n) is 5.63. The highest BCUT2D eigenvalue weighted by Crippen LogP contribution is 2.31. The van der Waals surface area contributed by atoms with E-state index in [9.17, 15) is 8.42 Å². The van der Waals surface area contributed by atoms with Gasteiger partial charge in [0.2, 0.25) is 10.0 Å². The van der Waals surface area contributed by atoms with Crippen LogP contribution in [0.15, 0.2) is 23.2 Å². The van der Waals surface area contributed by atoms with Crippen LogP contribution in [0.1, 0.15) is 39.2 Å². The van der Waals surface area contributed by atoms with Gasteiger partial charge in [0.15, 0.2) is 5.65 Å². The van der Waals surface area contributed by atoms with Crippen molar-refractivity contribution in [1.82, 2.24) is 18.9 Å². The van der Waals surface area contributed by atoms with Gasteiger partial charge in [0.25, 0.3) is 0 Å². The lowest BCUT2D eigenvalue weighted by atomic mass is 10.0. The summed E-state index contributed by atoms with van der Waals surface area (Å²) in [6, 6.07) is 3.99. The van der Waals surface area contributed by atoms with Gasteiger partial charge in [0.1, 0.15) is 0 Å². The maximum atomic E-state index is 13.5. The zero-order valence-corrected chi connectivity index (χ0v) is 17.2. The molecule has 1 aliphatic rings. The molecule has 142 valence electrons. The van der Waals surface area contributed by atoms with E-state index < -0.39 is 10.0 Å². The number of sulfonamides is 1. The van der Waals surface area contributed by atoms with Gasteiger partial charge in [0.05, 0.1) is 16.3 Å². The van der Waals surface area contributed by atoms with Gasteiger partial charge in [-0.25, -0.2) is 17.9 Å². The van der Waals surface area contributed by atoms with Crippen LogP contribution in [0.2, 0.25) is 0 Å². The van der Waals surface area contributed by atoms with Crippen LogP contribution in [0.5, 0.6) is 0 Å². The first-order chi connectivity index (χ1) is 12.7. The second-order valence-electron chi connectivity index (χ2n) is 7.46. The minimum Gasteiger partial charge on any atom is -0.237 e. The Bertz CT molecular complexity index is 1150. The van der Waals surface area contributed by atoms with Crippen LogP contribution < -0.4 is 0 Å². The predicted octanol–water partition coefficient (Wildman–Crippen LogP) is 3.02. The molecule has 0 amide bonds. The summed E-state index contributed by atoms with van der Waals surface area (Å²) in [6.45, 7) is 10.4. The number of nitrogens with zero attached hydrogens (tertiary/aromatic N) is 4. The second-order valence-corrected chi connectivity index (χ2v) is 9.34. The Labute approximate surface area is 159 Å². The number of aromatic nitrogens is 3. The third kappa shape index (κ3) is 2.76. The Hall–Kier alpha value is -2.25. The van der Waals surface area contributed by atoms with E-state index in [1.165, 1.54) is 0 Å². The molecule has 0 aliphatic carbocycles. The van der Waals surface area contributed by atoms with Crippen molar-refractivity contribution in [2.45, 2.75) is 52.5 Å². The maximum Gasteiger partial charge on any atom is 0.243 e. The molecule has 1 aliphatic heterocycles. The number of aryl methyl sites for hydroxylation is 3. The molecule has 3 aromatic rings. The highest BCUT2D eigenvalue weighted by atomic mass is 32.2. The maximum absolute atomic E-state index is 13.5. The molecule has 0 bridgehead atoms. The fourth-order valence-electron chi connectivity index (χ4n) is 3.93. The lowest BCUT2D eigenvalue weighted by molar-refractivity contribution is 0.383. The van der Waals surface area contributed by atoms with Crippen molar-refractivity contribution in [3.05, 3.63) is 57.5 Å². The van der Waals surface area contributed by atoms with Crippen molar-refractivity contribution >= 4 is 15.7 Å². The molecule has 4 rings (SSSR count). The molecule has 0 saturated carbocycles. The fraction of sp³-hybridized carbons (Fsp3) is 0.400. The first kappa shape index (κ1) is 18.1. The van der Waals surface area contributed by atoms with Crippen molar-refractivity contribution in [1.29, 1.82) is 0 Å². The number of fused-ring (bicyclic) bond motifs is 3. The van der Waals surface area contributed by atoms with E-state index in [0.29, 0.717) is 24.4 Å². The average molecular weight is 385 g/mol. The molecule has 0 fully saturated rings. The quantitative estimate of drug-likeness (QED) is 0.681. The minimum atomic E-state index is -3.58. The Morgan fingerprint density at radius 3 is 2.33 bits per heavy atom. The van der Waals surface area contributed by atoms with Crippen molar-refractivity contribution in [2.24, 2.45) is 0 Å². The van der Waals surface area contributed by atoms with E-state index in [1.807, 2.05) is 45.2 Å². The van der Waals surface area contributed by atoms with Gasteiger partial charge < -0.3 is 0 Å². The summed E-state index contributed by atoms with van der Waals surface area (Å²) < 4.78 is 30.4. The van der Waals surface area contributed by atoms with Gasteiger partial charge in [-0.3, -0.25) is 0 Å². The van der Waals surface area contributed by atoms with Crippen LogP contribution >= 0.6 is 0 Å². The van der Waals surface area contributed by atoms with Crippen molar-refractivity contribution in [3.63, 3.8) is 0 Å². The molecule has 0 saturated heterocycles. The zero-order chi connectivity index (χ0) is 19.5. The topological polar surface area (TPSA) is 67.6 Å². The number of hydrogen-bond donors (Lipinski definition) is 0. The first-order valence-electron chi connectivity index (χ1n) is 9.11. The van der Waals surface area contributed by atoms with Crippen LogP contribution in [-0.2, 0) is 23.0 Å². The van der Waals surface area contributed by atoms with E-state index in [2.05, 4.69) is 16.1 Å². The molecule has 27 heavy (non-hydrogen) atoms. The Morgan fingerprint density at radius 1 is 1.00 bits per heavy atom. The SMILES string of the molecule is Cc1cc2ncc3c(n2n1)CCN(S(=O)(=O)c1c(C)c(C)cc(C)c1C)C3. The predicted molar refractivity (Wildman–Crippen MR) is 104 cm³/mol. The molecule has 0 spiro atoms. The van der Waals surface area contributed by atoms with Gasteiger partial charge in [-0.05, 0) is 56.9 Å². The van der Waals surface area contributed by atoms with Gasteiger partial charge in [-0.1, -0.05) is 6.07 Å². The van der Waals surface area contributed by atoms with E-state index in [1.54, 1.807) is 10.5 Å². The number of benzene rings is 1. The normalized spacial score (nSPS) is 15.3. The van der Waals surface area contributed by atoms with Crippen LogP contribution in [0, 0.1) is 34.6 Å². The molecule has 0 radical (unpaired) electrons. The number of hydrogen-bond acceptors (Lipinski definition) is 4. The lowest BCUT2D eigenvalue weighted by Crippen LogP contribution is -2.37. The van der Waals surface area contributed by atoms with E-state index in [4.69, 9.17) is 0 Å². The molecule has 6 nitrogen and oxygen atoms in total. The highest BCUT2D eigenvalue weighted by molar-refractivity contribution is 7.89. The summed E-state index contributed by atoms with van der Waals surface area (Å²) in [5.41, 5.74) is 7.36. The highest BCUT2D eigenvalue weighted by Gasteiger charge is 2.32. The van der Waals surface area contributed by atoms with Crippen LogP contribution in [0.4, 0.5) is 0 Å². The van der Waals surface area contributed by atoms with Gasteiger partial charge >= 0.3 is 0 Å². The largest absolute Gasteiger partial charge is 0.243 e. The van der Waals surface area contributed by atoms with Gasteiger partial charge in [-0.2, -0.15) is 9.40 Å². The van der Waals surface area contributed by atoms with E-state index in [-0.39, 0.29) is 0 Å². The minimum absolute atomic E-state index is 0.325. The smallest absolute Gasteiger partial charge is 0.237 e. The summed E-state index contributed by atoms with van der Waals surface area (Å²) >= 11 is 0. The molecular weight excluding hydrogens is 360 g/mol. The monoisotopic (exact) mass is 384 g/mol. The van der Waals surface area contributed by atoms with Crippen LogP contribution in [0.25, 0.3) is 5.65 Å². The molecule has 0 atom stereocenters. The third-order valence-corrected chi connectivity index (χ3v) is 7.75. The summed E-state index contributed by atoms with van der Waals surface area (Å²) in [7, 11) is -3.58. The van der Waals surface area contributed by atoms with Gasteiger partial charge in [-0.15, -0.1) is 0 Å². The van der Waals surface area contributed by atoms with E-state index in [0.717, 1.165) is 44.9 Å². The standard InChI is InChI=1S/C20H24N4O2S/c1-12-8-13(2)16(5)20(15(12)4)27(25,26)23-7-6-18-17(11-23)10-21-19-9-14(3)22-24(18)19/h8-10H,6-7,11H2,1-5H3. The Balaban J connectivity index is 1.79. The lowest BCUT2D eigenvalue weighted by Gasteiger charge is -2.29. The molecule has 2 aromatic heterocycles. The van der Waals surface area contributed by atoms with Gasteiger partial charge in [0, 0.05) is 37.3 Å². The summed E-state index contributed by atoms with van der Waals surface area (Å²) in [5, 5.41) is 4.51. The summed E-state index contributed by atoms with van der Waals surface area (Å²) in [6.07, 6.45) is 2.41. The fourth-order valence-corrected chi connectivity index (χ4v) is 5.93. The zero-order valence-electron chi connectivity index (χ0n) is 16.4. The Morgan fingerprint density at radius 2 is 1.67 bits per heavy atom. The molecule has 0 unspecified atom stereocenters. The van der Waals surface area contributed by atoms with Crippen molar-refractivity contribution < 1.29 is 8.42 Å². The molecule has 1 aromatic carbocycles. The Kier molecular flexibility index (Phi) is 4.12. The summed E-state index contributed by atoms with van der Waals surface area (Å²) in [5.74, 6) is 0. The van der Waals surface area contributed by atoms with Crippen LogP contribution in [-0.4, -0.2) is 33.9 Å². The molecular formula is C20H24N4O2S. The van der Waals surface area contributed by atoms with E-state index >= 15 is 0 Å². The second kappa shape index (κ2) is 6.14. The molecule has 0 N–H and O–H groups in total. The van der Waals surface area contributed by atoms with Crippen LogP contribution in [0.3, 0.4) is 0 Å². The number of rotatable bonds is 2. The molecule has 7 heteroatoms.